The van der Waals surface area contributed by atoms with Crippen molar-refractivity contribution in [2.75, 3.05) is 25.1 Å². The Hall–Kier alpha value is -1.73. The summed E-state index contributed by atoms with van der Waals surface area (Å²) in [6.45, 7) is 1.92. The maximum Gasteiger partial charge on any atom is 0.252 e. The molecule has 7 nitrogen and oxygen atoms in total. The molecule has 0 spiro atoms. The number of anilines is 1. The molecule has 7 heteroatoms. The van der Waals surface area contributed by atoms with Crippen LogP contribution in [-0.2, 0) is 14.3 Å². The van der Waals surface area contributed by atoms with Crippen molar-refractivity contribution in [2.45, 2.75) is 61.7 Å². The summed E-state index contributed by atoms with van der Waals surface area (Å²) < 4.78 is 12.1. The molecule has 4 unspecified atom stereocenters. The van der Waals surface area contributed by atoms with Gasteiger partial charge in [-0.1, -0.05) is 0 Å². The van der Waals surface area contributed by atoms with Crippen LogP contribution in [0.1, 0.15) is 44.9 Å². The van der Waals surface area contributed by atoms with E-state index >= 15 is 0 Å². The summed E-state index contributed by atoms with van der Waals surface area (Å²) in [5.41, 5.74) is -0.977. The summed E-state index contributed by atoms with van der Waals surface area (Å²) >= 11 is 0. The molecule has 2 saturated heterocycles. The molecule has 4 bridgehead atoms. The number of amides is 1. The van der Waals surface area contributed by atoms with E-state index in [4.69, 9.17) is 9.47 Å². The van der Waals surface area contributed by atoms with Crippen molar-refractivity contribution in [3.63, 3.8) is 0 Å². The van der Waals surface area contributed by atoms with Gasteiger partial charge in [0.05, 0.1) is 24.4 Å². The molecule has 2 saturated carbocycles. The number of carbonyl (C=O) groups excluding carboxylic acids is 1. The molecular formula is C19H26N4O3. The highest BCUT2D eigenvalue weighted by Crippen LogP contribution is 2.48. The average Bonchev–Trinajstić information content (AvgIpc) is 3.31. The SMILES string of the molecule is O=C(NCC12CCC(Nc3ncccn3)(CO1)C2)C12CCCC(CO1)C2. The van der Waals surface area contributed by atoms with Crippen molar-refractivity contribution in [3.8, 4) is 0 Å². The minimum Gasteiger partial charge on any atom is -0.371 e. The standard InChI is InChI=1S/C19H26N4O3/c24-15(19-4-1-3-14(9-19)10-25-19)22-12-18-6-5-17(11-18,13-26-18)23-16-20-7-2-8-21-16/h2,7-8,14H,1,3-6,9-13H2,(H,22,24)(H,20,21,23). The zero-order valence-electron chi connectivity index (χ0n) is 15.0. The fraction of sp³-hybridized carbons (Fsp3) is 0.737. The topological polar surface area (TPSA) is 85.4 Å². The largest absolute Gasteiger partial charge is 0.371 e. The first-order valence-corrected chi connectivity index (χ1v) is 9.73. The number of nitrogens with one attached hydrogen (secondary N) is 2. The zero-order chi connectivity index (χ0) is 17.7. The predicted molar refractivity (Wildman–Crippen MR) is 94.6 cm³/mol. The maximum atomic E-state index is 12.8. The number of rotatable bonds is 5. The van der Waals surface area contributed by atoms with Gasteiger partial charge in [0.2, 0.25) is 5.95 Å². The second-order valence-electron chi connectivity index (χ2n) is 8.58. The molecule has 2 aliphatic heterocycles. The highest BCUT2D eigenvalue weighted by atomic mass is 16.5. The highest BCUT2D eigenvalue weighted by molar-refractivity contribution is 5.85. The Bertz CT molecular complexity index is 685. The smallest absolute Gasteiger partial charge is 0.252 e. The van der Waals surface area contributed by atoms with Gasteiger partial charge in [0, 0.05) is 25.4 Å². The number of hydrogen-bond acceptors (Lipinski definition) is 6. The van der Waals surface area contributed by atoms with Crippen molar-refractivity contribution in [1.82, 2.24) is 15.3 Å². The van der Waals surface area contributed by atoms with Gasteiger partial charge in [-0.05, 0) is 50.5 Å². The third-order valence-corrected chi connectivity index (χ3v) is 6.71. The summed E-state index contributed by atoms with van der Waals surface area (Å²) in [4.78, 5) is 21.4. The molecule has 3 heterocycles. The third kappa shape index (κ3) is 2.68. The number of nitrogens with zero attached hydrogens (tertiary/aromatic N) is 2. The summed E-state index contributed by atoms with van der Waals surface area (Å²) in [6, 6.07) is 1.81. The van der Waals surface area contributed by atoms with E-state index in [9.17, 15) is 4.79 Å². The van der Waals surface area contributed by atoms with Crippen LogP contribution in [0.4, 0.5) is 5.95 Å². The Labute approximate surface area is 153 Å². The molecule has 4 fully saturated rings. The van der Waals surface area contributed by atoms with E-state index in [0.29, 0.717) is 25.0 Å². The molecule has 5 rings (SSSR count). The van der Waals surface area contributed by atoms with Crippen LogP contribution in [0, 0.1) is 5.92 Å². The van der Waals surface area contributed by atoms with Gasteiger partial charge < -0.3 is 20.1 Å². The van der Waals surface area contributed by atoms with Gasteiger partial charge in [0.25, 0.3) is 5.91 Å². The van der Waals surface area contributed by atoms with Crippen LogP contribution >= 0.6 is 0 Å². The first kappa shape index (κ1) is 16.4. The lowest BCUT2D eigenvalue weighted by Gasteiger charge is -2.33. The minimum atomic E-state index is -0.579. The number of hydrogen-bond donors (Lipinski definition) is 2. The predicted octanol–water partition coefficient (Wildman–Crippen LogP) is 1.66. The van der Waals surface area contributed by atoms with Crippen LogP contribution in [0.2, 0.25) is 0 Å². The van der Waals surface area contributed by atoms with Crippen LogP contribution in [0.3, 0.4) is 0 Å². The average molecular weight is 358 g/mol. The summed E-state index contributed by atoms with van der Waals surface area (Å²) in [5, 5.41) is 6.63. The molecule has 4 aliphatic rings. The van der Waals surface area contributed by atoms with Gasteiger partial charge in [0.1, 0.15) is 5.60 Å². The normalized spacial score (nSPS) is 40.5. The molecule has 1 aromatic heterocycles. The maximum absolute atomic E-state index is 12.8. The lowest BCUT2D eigenvalue weighted by atomic mass is 9.80. The van der Waals surface area contributed by atoms with Crippen molar-refractivity contribution in [3.05, 3.63) is 18.5 Å². The van der Waals surface area contributed by atoms with E-state index in [1.807, 2.05) is 6.07 Å². The molecule has 140 valence electrons. The second kappa shape index (κ2) is 5.89. The molecule has 0 radical (unpaired) electrons. The number of ether oxygens (including phenoxy) is 2. The Morgan fingerprint density at radius 2 is 2.12 bits per heavy atom. The minimum absolute atomic E-state index is 0.0569. The molecule has 2 aliphatic carbocycles. The zero-order valence-corrected chi connectivity index (χ0v) is 15.0. The molecular weight excluding hydrogens is 332 g/mol. The molecule has 1 aromatic rings. The van der Waals surface area contributed by atoms with Crippen LogP contribution in [0.5, 0.6) is 0 Å². The van der Waals surface area contributed by atoms with E-state index in [1.54, 1.807) is 12.4 Å². The Morgan fingerprint density at radius 1 is 1.23 bits per heavy atom. The van der Waals surface area contributed by atoms with Gasteiger partial charge in [-0.15, -0.1) is 0 Å². The molecule has 2 N–H and O–H groups in total. The summed E-state index contributed by atoms with van der Waals surface area (Å²) in [6.07, 6.45) is 10.3. The lowest BCUT2D eigenvalue weighted by Crippen LogP contribution is -2.51. The van der Waals surface area contributed by atoms with E-state index in [2.05, 4.69) is 20.6 Å². The quantitative estimate of drug-likeness (QED) is 0.833. The van der Waals surface area contributed by atoms with Crippen LogP contribution in [0.15, 0.2) is 18.5 Å². The third-order valence-electron chi connectivity index (χ3n) is 6.71. The molecule has 26 heavy (non-hydrogen) atoms. The van der Waals surface area contributed by atoms with Crippen LogP contribution in [-0.4, -0.2) is 52.4 Å². The number of carbonyl (C=O) groups is 1. The molecule has 4 atom stereocenters. The molecule has 0 aromatic carbocycles. The van der Waals surface area contributed by atoms with Gasteiger partial charge in [0.15, 0.2) is 0 Å². The van der Waals surface area contributed by atoms with Gasteiger partial charge in [-0.3, -0.25) is 4.79 Å². The van der Waals surface area contributed by atoms with E-state index in [0.717, 1.165) is 45.1 Å². The van der Waals surface area contributed by atoms with E-state index < -0.39 is 5.60 Å². The van der Waals surface area contributed by atoms with Crippen molar-refractivity contribution >= 4 is 11.9 Å². The van der Waals surface area contributed by atoms with Crippen molar-refractivity contribution < 1.29 is 14.3 Å². The fourth-order valence-corrected chi connectivity index (χ4v) is 5.32. The Balaban J connectivity index is 1.21. The lowest BCUT2D eigenvalue weighted by molar-refractivity contribution is -0.144. The first-order valence-electron chi connectivity index (χ1n) is 9.73. The Morgan fingerprint density at radius 3 is 2.92 bits per heavy atom. The van der Waals surface area contributed by atoms with Gasteiger partial charge in [-0.2, -0.15) is 0 Å². The first-order chi connectivity index (χ1) is 12.6. The van der Waals surface area contributed by atoms with Crippen LogP contribution < -0.4 is 10.6 Å². The fourth-order valence-electron chi connectivity index (χ4n) is 5.32. The van der Waals surface area contributed by atoms with Crippen LogP contribution in [0.25, 0.3) is 0 Å². The van der Waals surface area contributed by atoms with Gasteiger partial charge >= 0.3 is 0 Å². The highest BCUT2D eigenvalue weighted by Gasteiger charge is 2.57. The second-order valence-corrected chi connectivity index (χ2v) is 8.58. The van der Waals surface area contributed by atoms with E-state index in [1.165, 1.54) is 6.42 Å². The Kier molecular flexibility index (Phi) is 3.72. The number of fused-ring (bicyclic) bond motifs is 4. The monoisotopic (exact) mass is 358 g/mol. The molecule has 1 amide bonds. The van der Waals surface area contributed by atoms with E-state index in [-0.39, 0.29) is 17.0 Å². The van der Waals surface area contributed by atoms with Crippen molar-refractivity contribution in [1.29, 1.82) is 0 Å². The summed E-state index contributed by atoms with van der Waals surface area (Å²) in [7, 11) is 0. The number of aromatic nitrogens is 2. The summed E-state index contributed by atoms with van der Waals surface area (Å²) in [5.74, 6) is 1.26. The van der Waals surface area contributed by atoms with Gasteiger partial charge in [-0.25, -0.2) is 9.97 Å². The van der Waals surface area contributed by atoms with Crippen molar-refractivity contribution in [2.24, 2.45) is 5.92 Å².